The van der Waals surface area contributed by atoms with Crippen molar-refractivity contribution < 1.29 is 19.4 Å². The molecule has 1 saturated heterocycles. The molecule has 1 fully saturated rings. The number of anilines is 2. The van der Waals surface area contributed by atoms with Crippen molar-refractivity contribution in [3.63, 3.8) is 0 Å². The number of hydrogen-bond acceptors (Lipinski definition) is 9. The van der Waals surface area contributed by atoms with Gasteiger partial charge in [-0.2, -0.15) is 4.98 Å². The van der Waals surface area contributed by atoms with E-state index in [0.717, 1.165) is 76.8 Å². The molecule has 0 atom stereocenters. The summed E-state index contributed by atoms with van der Waals surface area (Å²) < 4.78 is 6.11. The van der Waals surface area contributed by atoms with E-state index in [2.05, 4.69) is 31.2 Å². The quantitative estimate of drug-likeness (QED) is 0.244. The SMILES string of the molecule is O=C(O)Oc1nc(N2CCc3cccc(C(=O)Nc4nc5ccccc5s4)c3C2)sc1CCCN1CCCCC1. The monoisotopic (exact) mass is 577 g/mol. The summed E-state index contributed by atoms with van der Waals surface area (Å²) in [6.45, 7) is 4.49. The minimum atomic E-state index is -1.35. The molecular weight excluding hydrogens is 546 g/mol. The smallest absolute Gasteiger partial charge is 0.449 e. The number of nitrogens with zero attached hydrogens (tertiary/aromatic N) is 4. The van der Waals surface area contributed by atoms with Crippen LogP contribution in [0.4, 0.5) is 15.1 Å². The molecule has 0 radical (unpaired) electrons. The van der Waals surface area contributed by atoms with Crippen LogP contribution >= 0.6 is 22.7 Å². The van der Waals surface area contributed by atoms with Gasteiger partial charge in [0.2, 0.25) is 5.88 Å². The van der Waals surface area contributed by atoms with Crippen LogP contribution in [0.25, 0.3) is 10.2 Å². The predicted molar refractivity (Wildman–Crippen MR) is 158 cm³/mol. The van der Waals surface area contributed by atoms with Crippen molar-refractivity contribution in [2.75, 3.05) is 36.4 Å². The molecule has 2 aliphatic heterocycles. The maximum absolute atomic E-state index is 13.4. The van der Waals surface area contributed by atoms with Crippen molar-refractivity contribution in [2.45, 2.75) is 45.1 Å². The molecule has 2 aromatic heterocycles. The molecule has 208 valence electrons. The number of carbonyl (C=O) groups is 2. The Kier molecular flexibility index (Phi) is 7.94. The van der Waals surface area contributed by atoms with E-state index in [-0.39, 0.29) is 11.8 Å². The van der Waals surface area contributed by atoms with Crippen LogP contribution in [-0.2, 0) is 19.4 Å². The lowest BCUT2D eigenvalue weighted by molar-refractivity contribution is 0.102. The Morgan fingerprint density at radius 1 is 1.00 bits per heavy atom. The third kappa shape index (κ3) is 5.96. The highest BCUT2D eigenvalue weighted by atomic mass is 32.1. The van der Waals surface area contributed by atoms with Gasteiger partial charge in [-0.15, -0.1) is 0 Å². The first-order valence-electron chi connectivity index (χ1n) is 13.7. The maximum atomic E-state index is 13.4. The number of hydrogen-bond donors (Lipinski definition) is 2. The third-order valence-corrected chi connectivity index (χ3v) is 9.57. The average molecular weight is 578 g/mol. The van der Waals surface area contributed by atoms with Gasteiger partial charge in [0, 0.05) is 18.7 Å². The van der Waals surface area contributed by atoms with Crippen molar-refractivity contribution in [1.29, 1.82) is 0 Å². The maximum Gasteiger partial charge on any atom is 0.512 e. The Balaban J connectivity index is 1.18. The zero-order valence-corrected chi connectivity index (χ0v) is 23.7. The van der Waals surface area contributed by atoms with E-state index < -0.39 is 6.16 Å². The number of ether oxygens (including phenoxy) is 1. The zero-order chi connectivity index (χ0) is 27.5. The Labute approximate surface area is 240 Å². The van der Waals surface area contributed by atoms with Crippen LogP contribution in [0.5, 0.6) is 5.88 Å². The number of piperidine rings is 1. The van der Waals surface area contributed by atoms with Gasteiger partial charge in [0.05, 0.1) is 15.1 Å². The van der Waals surface area contributed by atoms with Crippen LogP contribution < -0.4 is 15.0 Å². The fourth-order valence-corrected chi connectivity index (χ4v) is 7.39. The van der Waals surface area contributed by atoms with E-state index in [1.54, 1.807) is 0 Å². The predicted octanol–water partition coefficient (Wildman–Crippen LogP) is 6.04. The van der Waals surface area contributed by atoms with Crippen molar-refractivity contribution in [3.8, 4) is 5.88 Å². The first-order valence-corrected chi connectivity index (χ1v) is 15.3. The van der Waals surface area contributed by atoms with Crippen LogP contribution in [0.1, 0.15) is 52.0 Å². The van der Waals surface area contributed by atoms with E-state index in [4.69, 9.17) is 4.74 Å². The van der Waals surface area contributed by atoms with Crippen LogP contribution in [-0.4, -0.2) is 58.2 Å². The molecule has 0 saturated carbocycles. The van der Waals surface area contributed by atoms with Crippen molar-refractivity contribution >= 4 is 55.2 Å². The van der Waals surface area contributed by atoms with Gasteiger partial charge >= 0.3 is 6.16 Å². The highest BCUT2D eigenvalue weighted by Crippen LogP contribution is 2.36. The molecule has 2 N–H and O–H groups in total. The number of likely N-dealkylation sites (tertiary alicyclic amines) is 1. The Morgan fingerprint density at radius 3 is 2.67 bits per heavy atom. The van der Waals surface area contributed by atoms with Gasteiger partial charge in [-0.25, -0.2) is 9.78 Å². The Bertz CT molecular complexity index is 1490. The van der Waals surface area contributed by atoms with Gasteiger partial charge in [0.1, 0.15) is 0 Å². The lowest BCUT2D eigenvalue weighted by Crippen LogP contribution is -2.32. The summed E-state index contributed by atoms with van der Waals surface area (Å²) >= 11 is 2.94. The fraction of sp³-hybridized carbons (Fsp3) is 0.379. The van der Waals surface area contributed by atoms with Gasteiger partial charge < -0.3 is 19.6 Å². The molecule has 2 aliphatic rings. The van der Waals surface area contributed by atoms with Gasteiger partial charge in [0.15, 0.2) is 10.3 Å². The van der Waals surface area contributed by atoms with Gasteiger partial charge in [-0.3, -0.25) is 10.1 Å². The fourth-order valence-electron chi connectivity index (χ4n) is 5.47. The lowest BCUT2D eigenvalue weighted by atomic mass is 9.94. The van der Waals surface area contributed by atoms with Gasteiger partial charge in [-0.05, 0) is 81.1 Å². The topological polar surface area (TPSA) is 108 Å². The van der Waals surface area contributed by atoms with Gasteiger partial charge in [0.25, 0.3) is 5.91 Å². The van der Waals surface area contributed by atoms with E-state index in [1.165, 1.54) is 41.9 Å². The molecule has 9 nitrogen and oxygen atoms in total. The first kappa shape index (κ1) is 26.7. The van der Waals surface area contributed by atoms with Gasteiger partial charge in [-0.1, -0.05) is 53.4 Å². The minimum absolute atomic E-state index is 0.179. The molecule has 6 rings (SSSR count). The van der Waals surface area contributed by atoms with E-state index in [9.17, 15) is 14.7 Å². The number of rotatable bonds is 8. The molecule has 0 aliphatic carbocycles. The number of nitrogens with one attached hydrogen (secondary N) is 1. The Hall–Kier alpha value is -3.54. The summed E-state index contributed by atoms with van der Waals surface area (Å²) in [5, 5.41) is 13.6. The zero-order valence-electron chi connectivity index (χ0n) is 22.1. The average Bonchev–Trinajstić information content (AvgIpc) is 3.56. The number of amides is 1. The molecule has 0 unspecified atom stereocenters. The molecule has 40 heavy (non-hydrogen) atoms. The van der Waals surface area contributed by atoms with Crippen molar-refractivity contribution in [2.24, 2.45) is 0 Å². The normalized spacial score (nSPS) is 15.7. The second-order valence-electron chi connectivity index (χ2n) is 10.2. The second kappa shape index (κ2) is 11.9. The van der Waals surface area contributed by atoms with E-state index >= 15 is 0 Å². The highest BCUT2D eigenvalue weighted by Gasteiger charge is 2.26. The number of thiazole rings is 2. The summed E-state index contributed by atoms with van der Waals surface area (Å²) in [6, 6.07) is 13.6. The number of fused-ring (bicyclic) bond motifs is 2. The van der Waals surface area contributed by atoms with E-state index in [1.807, 2.05) is 36.4 Å². The molecule has 0 bridgehead atoms. The molecule has 0 spiro atoms. The number of carboxylic acid groups (broad SMARTS) is 1. The summed E-state index contributed by atoms with van der Waals surface area (Å²) in [4.78, 5) is 39.3. The van der Waals surface area contributed by atoms with Crippen molar-refractivity contribution in [3.05, 3.63) is 64.0 Å². The number of aryl methyl sites for hydroxylation is 1. The molecule has 1 amide bonds. The summed E-state index contributed by atoms with van der Waals surface area (Å²) in [6.07, 6.45) is 4.84. The first-order chi connectivity index (χ1) is 19.5. The lowest BCUT2D eigenvalue weighted by Gasteiger charge is -2.29. The molecular formula is C29H31N5O4S2. The third-order valence-electron chi connectivity index (χ3n) is 7.46. The van der Waals surface area contributed by atoms with Crippen LogP contribution in [0.15, 0.2) is 42.5 Å². The summed E-state index contributed by atoms with van der Waals surface area (Å²) in [5.74, 6) is -0.0102. The molecule has 4 heterocycles. The molecule has 11 heteroatoms. The van der Waals surface area contributed by atoms with Crippen LogP contribution in [0, 0.1) is 0 Å². The standard InChI is InChI=1S/C29H31N5O4S2/c35-25(31-27-30-22-10-2-3-11-23(22)39-27)20-9-6-8-19-13-17-34(18-21(19)20)28-32-26(38-29(36)37)24(40-28)12-7-16-33-14-4-1-5-15-33/h2-3,6,8-11H,1,4-5,7,12-18H2,(H,36,37)(H,30,31,35). The highest BCUT2D eigenvalue weighted by molar-refractivity contribution is 7.22. The second-order valence-corrected chi connectivity index (χ2v) is 12.2. The minimum Gasteiger partial charge on any atom is -0.449 e. The van der Waals surface area contributed by atoms with Crippen molar-refractivity contribution in [1.82, 2.24) is 14.9 Å². The number of carbonyl (C=O) groups excluding carboxylic acids is 1. The molecule has 2 aromatic carbocycles. The largest absolute Gasteiger partial charge is 0.512 e. The number of aromatic nitrogens is 2. The Morgan fingerprint density at radius 2 is 1.85 bits per heavy atom. The van der Waals surface area contributed by atoms with Crippen LogP contribution in [0.2, 0.25) is 0 Å². The van der Waals surface area contributed by atoms with E-state index in [0.29, 0.717) is 17.2 Å². The number of para-hydroxylation sites is 1. The summed E-state index contributed by atoms with van der Waals surface area (Å²) in [5.41, 5.74) is 3.56. The van der Waals surface area contributed by atoms with Crippen LogP contribution in [0.3, 0.4) is 0 Å². The number of benzene rings is 2. The summed E-state index contributed by atoms with van der Waals surface area (Å²) in [7, 11) is 0. The molecule has 4 aromatic rings.